The Morgan fingerprint density at radius 3 is 2.81 bits per heavy atom. The highest BCUT2D eigenvalue weighted by molar-refractivity contribution is 5.82. The number of aromatic nitrogens is 1. The van der Waals surface area contributed by atoms with Crippen molar-refractivity contribution in [1.82, 2.24) is 4.98 Å². The zero-order chi connectivity index (χ0) is 12.2. The Bertz CT molecular complexity index is 379. The van der Waals surface area contributed by atoms with E-state index in [1.165, 1.54) is 0 Å². The number of aryl methyl sites for hydroxylation is 1. The Hall–Kier alpha value is -1.58. The zero-order valence-corrected chi connectivity index (χ0v) is 9.95. The number of carbonyl (C=O) groups is 1. The van der Waals surface area contributed by atoms with Crippen LogP contribution < -0.4 is 5.32 Å². The molecule has 88 valence electrons. The number of hydrogen-bond donors (Lipinski definition) is 2. The lowest BCUT2D eigenvalue weighted by atomic mass is 9.96. The molecule has 4 heteroatoms. The molecule has 16 heavy (non-hydrogen) atoms. The molecule has 1 aromatic rings. The van der Waals surface area contributed by atoms with Crippen LogP contribution in [0.5, 0.6) is 0 Å². The molecule has 1 rings (SSSR count). The van der Waals surface area contributed by atoms with Gasteiger partial charge in [-0.25, -0.2) is 4.79 Å². The minimum absolute atomic E-state index is 0.587. The quantitative estimate of drug-likeness (QED) is 0.803. The van der Waals surface area contributed by atoms with E-state index < -0.39 is 11.5 Å². The van der Waals surface area contributed by atoms with Crippen LogP contribution in [0.25, 0.3) is 0 Å². The van der Waals surface area contributed by atoms with Crippen LogP contribution in [0.1, 0.15) is 32.4 Å². The summed E-state index contributed by atoms with van der Waals surface area (Å²) in [5.41, 5.74) is 0.753. The second kappa shape index (κ2) is 4.96. The maximum absolute atomic E-state index is 11.2. The van der Waals surface area contributed by atoms with Crippen molar-refractivity contribution in [3.05, 3.63) is 24.0 Å². The van der Waals surface area contributed by atoms with Crippen molar-refractivity contribution in [1.29, 1.82) is 0 Å². The third kappa shape index (κ3) is 2.95. The molecule has 0 aromatic carbocycles. The minimum atomic E-state index is -0.914. The highest BCUT2D eigenvalue weighted by atomic mass is 16.4. The summed E-state index contributed by atoms with van der Waals surface area (Å²) in [6.45, 7) is 5.55. The monoisotopic (exact) mass is 222 g/mol. The van der Waals surface area contributed by atoms with Crippen molar-refractivity contribution in [2.75, 3.05) is 5.32 Å². The molecule has 0 radical (unpaired) electrons. The fraction of sp³-hybridized carbons (Fsp3) is 0.500. The molecule has 0 saturated heterocycles. The van der Waals surface area contributed by atoms with Gasteiger partial charge in [0.1, 0.15) is 5.54 Å². The van der Waals surface area contributed by atoms with Gasteiger partial charge in [-0.2, -0.15) is 0 Å². The third-order valence-electron chi connectivity index (χ3n) is 2.54. The van der Waals surface area contributed by atoms with Crippen molar-refractivity contribution in [2.24, 2.45) is 0 Å². The Morgan fingerprint density at radius 1 is 1.62 bits per heavy atom. The fourth-order valence-electron chi connectivity index (χ4n) is 1.66. The summed E-state index contributed by atoms with van der Waals surface area (Å²) in [5.74, 6) is -0.830. The molecule has 0 spiro atoms. The standard InChI is InChI=1S/C12H18N2O2/c1-4-6-12(3,11(15)16)14-10-5-7-13-9(2)8-10/h5,7-8H,4,6H2,1-3H3,(H,13,14)(H,15,16). The summed E-state index contributed by atoms with van der Waals surface area (Å²) in [6, 6.07) is 3.63. The van der Waals surface area contributed by atoms with E-state index in [1.54, 1.807) is 19.2 Å². The SMILES string of the molecule is CCCC(C)(Nc1ccnc(C)c1)C(=O)O. The zero-order valence-electron chi connectivity index (χ0n) is 9.95. The number of aliphatic carboxylic acids is 1. The van der Waals surface area contributed by atoms with Gasteiger partial charge in [0.05, 0.1) is 0 Å². The average Bonchev–Trinajstić information content (AvgIpc) is 2.17. The van der Waals surface area contributed by atoms with Crippen LogP contribution in [-0.2, 0) is 4.79 Å². The van der Waals surface area contributed by atoms with Crippen LogP contribution in [0.2, 0.25) is 0 Å². The van der Waals surface area contributed by atoms with E-state index in [9.17, 15) is 9.90 Å². The number of rotatable bonds is 5. The number of hydrogen-bond acceptors (Lipinski definition) is 3. The molecule has 0 aliphatic rings. The van der Waals surface area contributed by atoms with Crippen LogP contribution in [0.15, 0.2) is 18.3 Å². The fourth-order valence-corrected chi connectivity index (χ4v) is 1.66. The second-order valence-corrected chi connectivity index (χ2v) is 4.20. The predicted octanol–water partition coefficient (Wildman–Crippen LogP) is 2.45. The van der Waals surface area contributed by atoms with Crippen LogP contribution >= 0.6 is 0 Å². The van der Waals surface area contributed by atoms with Gasteiger partial charge in [-0.05, 0) is 32.4 Å². The van der Waals surface area contributed by atoms with E-state index in [2.05, 4.69) is 10.3 Å². The molecule has 2 N–H and O–H groups in total. The van der Waals surface area contributed by atoms with Crippen LogP contribution in [0.4, 0.5) is 5.69 Å². The maximum Gasteiger partial charge on any atom is 0.329 e. The van der Waals surface area contributed by atoms with Gasteiger partial charge in [-0.1, -0.05) is 13.3 Å². The van der Waals surface area contributed by atoms with Crippen LogP contribution in [0, 0.1) is 6.92 Å². The highest BCUT2D eigenvalue weighted by Gasteiger charge is 2.31. The maximum atomic E-state index is 11.2. The first-order valence-corrected chi connectivity index (χ1v) is 5.42. The van der Waals surface area contributed by atoms with Gasteiger partial charge in [-0.3, -0.25) is 4.98 Å². The molecule has 0 amide bonds. The number of carboxylic acid groups (broad SMARTS) is 1. The molecule has 0 fully saturated rings. The molecule has 0 saturated carbocycles. The molecule has 0 bridgehead atoms. The smallest absolute Gasteiger partial charge is 0.329 e. The lowest BCUT2D eigenvalue weighted by Crippen LogP contribution is -2.43. The van der Waals surface area contributed by atoms with Crippen LogP contribution in [-0.4, -0.2) is 21.6 Å². The average molecular weight is 222 g/mol. The number of nitrogens with one attached hydrogen (secondary N) is 1. The van der Waals surface area contributed by atoms with E-state index in [4.69, 9.17) is 0 Å². The van der Waals surface area contributed by atoms with Crippen molar-refractivity contribution in [3.8, 4) is 0 Å². The Kier molecular flexibility index (Phi) is 3.88. The van der Waals surface area contributed by atoms with Crippen LogP contribution in [0.3, 0.4) is 0 Å². The molecule has 1 aromatic heterocycles. The van der Waals surface area contributed by atoms with Gasteiger partial charge in [0.2, 0.25) is 0 Å². The first-order valence-electron chi connectivity index (χ1n) is 5.42. The molecule has 1 atom stereocenters. The molecule has 0 aliphatic carbocycles. The molecular formula is C12H18N2O2. The van der Waals surface area contributed by atoms with E-state index in [1.807, 2.05) is 19.9 Å². The molecule has 0 aliphatic heterocycles. The highest BCUT2D eigenvalue weighted by Crippen LogP contribution is 2.20. The van der Waals surface area contributed by atoms with E-state index in [0.29, 0.717) is 6.42 Å². The summed E-state index contributed by atoms with van der Waals surface area (Å²) in [4.78, 5) is 15.3. The molecular weight excluding hydrogens is 204 g/mol. The first kappa shape index (κ1) is 12.5. The number of carboxylic acids is 1. The van der Waals surface area contributed by atoms with Crippen molar-refractivity contribution in [3.63, 3.8) is 0 Å². The van der Waals surface area contributed by atoms with Crippen molar-refractivity contribution >= 4 is 11.7 Å². The lowest BCUT2D eigenvalue weighted by molar-refractivity contribution is -0.141. The van der Waals surface area contributed by atoms with Gasteiger partial charge in [-0.15, -0.1) is 0 Å². The second-order valence-electron chi connectivity index (χ2n) is 4.20. The topological polar surface area (TPSA) is 62.2 Å². The van der Waals surface area contributed by atoms with Gasteiger partial charge < -0.3 is 10.4 Å². The Balaban J connectivity index is 2.87. The first-order chi connectivity index (χ1) is 7.48. The van der Waals surface area contributed by atoms with Gasteiger partial charge >= 0.3 is 5.97 Å². The van der Waals surface area contributed by atoms with Gasteiger partial charge in [0, 0.05) is 17.6 Å². The summed E-state index contributed by atoms with van der Waals surface area (Å²) >= 11 is 0. The van der Waals surface area contributed by atoms with Gasteiger partial charge in [0.25, 0.3) is 0 Å². The normalized spacial score (nSPS) is 14.2. The van der Waals surface area contributed by atoms with E-state index >= 15 is 0 Å². The summed E-state index contributed by atoms with van der Waals surface area (Å²) < 4.78 is 0. The van der Waals surface area contributed by atoms with Crippen molar-refractivity contribution in [2.45, 2.75) is 39.2 Å². The number of anilines is 1. The summed E-state index contributed by atoms with van der Waals surface area (Å²) in [5, 5.41) is 12.3. The van der Waals surface area contributed by atoms with Gasteiger partial charge in [0.15, 0.2) is 0 Å². The largest absolute Gasteiger partial charge is 0.480 e. The van der Waals surface area contributed by atoms with E-state index in [0.717, 1.165) is 17.8 Å². The molecule has 1 heterocycles. The lowest BCUT2D eigenvalue weighted by Gasteiger charge is -2.27. The molecule has 1 unspecified atom stereocenters. The summed E-state index contributed by atoms with van der Waals surface area (Å²) in [7, 11) is 0. The number of nitrogens with zero attached hydrogens (tertiary/aromatic N) is 1. The predicted molar refractivity (Wildman–Crippen MR) is 63.5 cm³/mol. The molecule has 4 nitrogen and oxygen atoms in total. The Labute approximate surface area is 95.7 Å². The minimum Gasteiger partial charge on any atom is -0.480 e. The van der Waals surface area contributed by atoms with Crippen molar-refractivity contribution < 1.29 is 9.90 Å². The number of pyridine rings is 1. The van der Waals surface area contributed by atoms with E-state index in [-0.39, 0.29) is 0 Å². The third-order valence-corrected chi connectivity index (χ3v) is 2.54. The Morgan fingerprint density at radius 2 is 2.31 bits per heavy atom. The summed E-state index contributed by atoms with van der Waals surface area (Å²) in [6.07, 6.45) is 3.08.